The average molecular weight is 165 g/mol. The van der Waals surface area contributed by atoms with Gasteiger partial charge in [0.05, 0.1) is 19.8 Å². The highest BCUT2D eigenvalue weighted by molar-refractivity contribution is 5.50. The van der Waals surface area contributed by atoms with Gasteiger partial charge in [-0.05, 0) is 0 Å². The summed E-state index contributed by atoms with van der Waals surface area (Å²) in [5, 5.41) is 0. The molecule has 11 heavy (non-hydrogen) atoms. The molecular formula is C6H12FNO3. The molecule has 0 saturated carbocycles. The summed E-state index contributed by atoms with van der Waals surface area (Å²) in [7, 11) is 0. The van der Waals surface area contributed by atoms with E-state index in [2.05, 4.69) is 0 Å². The Morgan fingerprint density at radius 3 is 2.64 bits per heavy atom. The number of halogens is 1. The van der Waals surface area contributed by atoms with Gasteiger partial charge in [-0.15, -0.1) is 4.48 Å². The quantitative estimate of drug-likeness (QED) is 0.304. The highest BCUT2D eigenvalue weighted by Gasteiger charge is 1.87. The summed E-state index contributed by atoms with van der Waals surface area (Å²) in [4.78, 5) is 9.71. The summed E-state index contributed by atoms with van der Waals surface area (Å²) in [6.07, 6.45) is 0.670. The molecule has 0 atom stereocenters. The topological polar surface area (TPSA) is 47.6 Å². The Kier molecular flexibility index (Phi) is 9.03. The van der Waals surface area contributed by atoms with Crippen LogP contribution in [0.25, 0.3) is 0 Å². The first-order valence-corrected chi connectivity index (χ1v) is 3.34. The molecule has 66 valence electrons. The van der Waals surface area contributed by atoms with Crippen molar-refractivity contribution in [1.29, 1.82) is 0 Å². The van der Waals surface area contributed by atoms with Gasteiger partial charge in [0.25, 0.3) is 0 Å². The first-order valence-electron chi connectivity index (χ1n) is 3.34. The zero-order valence-corrected chi connectivity index (χ0v) is 6.22. The molecule has 0 aliphatic carbocycles. The SMILES string of the molecule is O=CCOCCOCCNF. The summed E-state index contributed by atoms with van der Waals surface area (Å²) in [6, 6.07) is 0. The highest BCUT2D eigenvalue weighted by Crippen LogP contribution is 1.76. The minimum Gasteiger partial charge on any atom is -0.378 e. The lowest BCUT2D eigenvalue weighted by atomic mass is 10.7. The van der Waals surface area contributed by atoms with Gasteiger partial charge in [-0.25, -0.2) is 0 Å². The molecule has 0 radical (unpaired) electrons. The van der Waals surface area contributed by atoms with Gasteiger partial charge in [-0.3, -0.25) is 0 Å². The third kappa shape index (κ3) is 9.48. The molecule has 0 rings (SSSR count). The van der Waals surface area contributed by atoms with Crippen LogP contribution in [0.15, 0.2) is 0 Å². The van der Waals surface area contributed by atoms with Crippen molar-refractivity contribution in [3.05, 3.63) is 0 Å². The van der Waals surface area contributed by atoms with Crippen molar-refractivity contribution in [2.45, 2.75) is 0 Å². The number of hydrogen-bond acceptors (Lipinski definition) is 4. The number of aldehydes is 1. The first-order chi connectivity index (χ1) is 5.41. The van der Waals surface area contributed by atoms with Crippen LogP contribution in [0.5, 0.6) is 0 Å². The van der Waals surface area contributed by atoms with E-state index < -0.39 is 0 Å². The highest BCUT2D eigenvalue weighted by atomic mass is 19.2. The molecule has 0 fully saturated rings. The molecule has 0 aliphatic heterocycles. The fourth-order valence-electron chi connectivity index (χ4n) is 0.462. The van der Waals surface area contributed by atoms with E-state index in [4.69, 9.17) is 9.47 Å². The standard InChI is InChI=1S/C6H12FNO3/c7-8-1-3-10-5-6-11-4-2-9/h2,8H,1,3-6H2. The van der Waals surface area contributed by atoms with Gasteiger partial charge in [-0.2, -0.15) is 5.54 Å². The van der Waals surface area contributed by atoms with Gasteiger partial charge < -0.3 is 14.3 Å². The van der Waals surface area contributed by atoms with Gasteiger partial charge in [-0.1, -0.05) is 0 Å². The number of ether oxygens (including phenoxy) is 2. The maximum Gasteiger partial charge on any atom is 0.145 e. The summed E-state index contributed by atoms with van der Waals surface area (Å²) in [5.74, 6) is 0. The van der Waals surface area contributed by atoms with Crippen molar-refractivity contribution in [2.24, 2.45) is 0 Å². The smallest absolute Gasteiger partial charge is 0.145 e. The second-order valence-electron chi connectivity index (χ2n) is 1.74. The normalized spacial score (nSPS) is 9.91. The fraction of sp³-hybridized carbons (Fsp3) is 0.833. The van der Waals surface area contributed by atoms with Crippen LogP contribution >= 0.6 is 0 Å². The zero-order chi connectivity index (χ0) is 8.36. The Labute approximate surface area is 64.6 Å². The lowest BCUT2D eigenvalue weighted by molar-refractivity contribution is -0.112. The Morgan fingerprint density at radius 1 is 1.27 bits per heavy atom. The molecule has 0 spiro atoms. The summed E-state index contributed by atoms with van der Waals surface area (Å²) >= 11 is 0. The van der Waals surface area contributed by atoms with Gasteiger partial charge >= 0.3 is 0 Å². The van der Waals surface area contributed by atoms with Gasteiger partial charge in [0.15, 0.2) is 0 Å². The van der Waals surface area contributed by atoms with Crippen molar-refractivity contribution >= 4 is 6.29 Å². The second kappa shape index (κ2) is 9.48. The Bertz CT molecular complexity index is 91.9. The van der Waals surface area contributed by atoms with Crippen molar-refractivity contribution in [2.75, 3.05) is 33.0 Å². The Balaban J connectivity index is 2.74. The van der Waals surface area contributed by atoms with E-state index in [0.717, 1.165) is 0 Å². The van der Waals surface area contributed by atoms with Crippen LogP contribution in [-0.2, 0) is 14.3 Å². The minimum atomic E-state index is 0.0880. The first kappa shape index (κ1) is 10.5. The van der Waals surface area contributed by atoms with Gasteiger partial charge in [0.2, 0.25) is 0 Å². The third-order valence-corrected chi connectivity index (χ3v) is 0.899. The maximum absolute atomic E-state index is 11.2. The third-order valence-electron chi connectivity index (χ3n) is 0.899. The molecular weight excluding hydrogens is 153 g/mol. The molecule has 0 unspecified atom stereocenters. The molecule has 0 heterocycles. The van der Waals surface area contributed by atoms with Crippen LogP contribution in [0.3, 0.4) is 0 Å². The van der Waals surface area contributed by atoms with Crippen molar-refractivity contribution in [1.82, 2.24) is 5.54 Å². The van der Waals surface area contributed by atoms with Gasteiger partial charge in [0, 0.05) is 6.54 Å². The van der Waals surface area contributed by atoms with Crippen LogP contribution in [0, 0.1) is 0 Å². The molecule has 0 aliphatic rings. The van der Waals surface area contributed by atoms with E-state index in [1.165, 1.54) is 5.54 Å². The maximum atomic E-state index is 11.2. The van der Waals surface area contributed by atoms with E-state index in [9.17, 15) is 9.28 Å². The second-order valence-corrected chi connectivity index (χ2v) is 1.74. The Hall–Kier alpha value is -0.520. The van der Waals surface area contributed by atoms with Crippen LogP contribution in [0.1, 0.15) is 0 Å². The summed E-state index contributed by atoms with van der Waals surface area (Å²) in [6.45, 7) is 1.32. The molecule has 0 saturated heterocycles. The monoisotopic (exact) mass is 165 g/mol. The minimum absolute atomic E-state index is 0.0880. The van der Waals surface area contributed by atoms with Crippen molar-refractivity contribution in [3.63, 3.8) is 0 Å². The molecule has 4 nitrogen and oxygen atoms in total. The van der Waals surface area contributed by atoms with E-state index >= 15 is 0 Å². The Morgan fingerprint density at radius 2 is 2.00 bits per heavy atom. The fourth-order valence-corrected chi connectivity index (χ4v) is 0.462. The van der Waals surface area contributed by atoms with Crippen LogP contribution in [0.2, 0.25) is 0 Å². The van der Waals surface area contributed by atoms with Crippen molar-refractivity contribution < 1.29 is 18.7 Å². The molecule has 0 aromatic rings. The number of hydrogen-bond donors (Lipinski definition) is 1. The lowest BCUT2D eigenvalue weighted by Crippen LogP contribution is -2.13. The largest absolute Gasteiger partial charge is 0.378 e. The molecule has 0 amide bonds. The van der Waals surface area contributed by atoms with Crippen LogP contribution in [0.4, 0.5) is 4.48 Å². The number of nitrogens with one attached hydrogen (secondary N) is 1. The van der Waals surface area contributed by atoms with E-state index in [0.29, 0.717) is 26.1 Å². The molecule has 5 heteroatoms. The van der Waals surface area contributed by atoms with E-state index in [1.807, 2.05) is 0 Å². The zero-order valence-electron chi connectivity index (χ0n) is 6.22. The lowest BCUT2D eigenvalue weighted by Gasteiger charge is -2.01. The van der Waals surface area contributed by atoms with Crippen LogP contribution < -0.4 is 5.54 Å². The summed E-state index contributed by atoms with van der Waals surface area (Å²) < 4.78 is 20.8. The molecule has 1 N–H and O–H groups in total. The van der Waals surface area contributed by atoms with Crippen LogP contribution in [-0.4, -0.2) is 39.3 Å². The molecule has 0 aromatic heterocycles. The molecule has 0 bridgehead atoms. The van der Waals surface area contributed by atoms with Gasteiger partial charge in [0.1, 0.15) is 12.9 Å². The number of carbonyl (C=O) groups is 1. The van der Waals surface area contributed by atoms with E-state index in [-0.39, 0.29) is 13.2 Å². The molecule has 0 aromatic carbocycles. The average Bonchev–Trinajstić information content (AvgIpc) is 2.03. The number of rotatable bonds is 8. The number of carbonyl (C=O) groups excluding carboxylic acids is 1. The summed E-state index contributed by atoms with van der Waals surface area (Å²) in [5.41, 5.74) is 1.45. The van der Waals surface area contributed by atoms with E-state index in [1.54, 1.807) is 0 Å². The predicted octanol–water partition coefficient (Wildman–Crippen LogP) is -0.307. The van der Waals surface area contributed by atoms with Crippen molar-refractivity contribution in [3.8, 4) is 0 Å². The predicted molar refractivity (Wildman–Crippen MR) is 36.8 cm³/mol.